The van der Waals surface area contributed by atoms with Crippen LogP contribution in [-0.4, -0.2) is 11.8 Å². The third-order valence-corrected chi connectivity index (χ3v) is 1.75. The Morgan fingerprint density at radius 2 is 2.00 bits per heavy atom. The van der Waals surface area contributed by atoms with Crippen molar-refractivity contribution in [3.63, 3.8) is 0 Å². The predicted octanol–water partition coefficient (Wildman–Crippen LogP) is -0.169. The van der Waals surface area contributed by atoms with Gasteiger partial charge in [0.2, 0.25) is 5.91 Å². The molecule has 0 heterocycles. The molecule has 1 aromatic rings. The van der Waals surface area contributed by atoms with Crippen LogP contribution >= 0.6 is 0 Å². The van der Waals surface area contributed by atoms with Crippen LogP contribution in [0, 0.1) is 0 Å². The van der Waals surface area contributed by atoms with Crippen molar-refractivity contribution in [2.75, 3.05) is 11.1 Å². The molecule has 0 fully saturated rings. The maximum Gasteiger partial charge on any atom is 0.267 e. The summed E-state index contributed by atoms with van der Waals surface area (Å²) in [5, 5.41) is 2.54. The summed E-state index contributed by atoms with van der Waals surface area (Å²) in [6, 6.07) is 4.58. The molecule has 6 N–H and O–H groups in total. The van der Waals surface area contributed by atoms with Gasteiger partial charge in [-0.1, -0.05) is 0 Å². The molecule has 0 aliphatic rings. The normalized spacial score (nSPS) is 9.47. The Morgan fingerprint density at radius 1 is 1.33 bits per heavy atom. The van der Waals surface area contributed by atoms with Gasteiger partial charge in [0.1, 0.15) is 0 Å². The van der Waals surface area contributed by atoms with Crippen molar-refractivity contribution in [3.8, 4) is 0 Å². The molecule has 0 atom stereocenters. The fourth-order valence-electron chi connectivity index (χ4n) is 1.11. The van der Waals surface area contributed by atoms with Crippen LogP contribution in [-0.2, 0) is 4.79 Å². The number of anilines is 2. The minimum atomic E-state index is -0.500. The van der Waals surface area contributed by atoms with Gasteiger partial charge in [0, 0.05) is 18.3 Å². The highest BCUT2D eigenvalue weighted by Gasteiger charge is 2.09. The highest BCUT2D eigenvalue weighted by molar-refractivity contribution is 6.00. The van der Waals surface area contributed by atoms with Crippen molar-refractivity contribution in [2.45, 2.75) is 6.92 Å². The SMILES string of the molecule is CC(=O)Nc1ccc(N)c(C(=O)NN)c1. The number of benzene rings is 1. The molecule has 2 amide bonds. The summed E-state index contributed by atoms with van der Waals surface area (Å²) in [6.07, 6.45) is 0. The first kappa shape index (κ1) is 11.0. The Labute approximate surface area is 86.6 Å². The van der Waals surface area contributed by atoms with Crippen LogP contribution in [0.2, 0.25) is 0 Å². The molecule has 6 heteroatoms. The third kappa shape index (κ3) is 2.68. The van der Waals surface area contributed by atoms with Crippen molar-refractivity contribution in [2.24, 2.45) is 5.84 Å². The molecule has 0 aliphatic heterocycles. The van der Waals surface area contributed by atoms with E-state index in [0.29, 0.717) is 11.4 Å². The van der Waals surface area contributed by atoms with Crippen LogP contribution in [0.15, 0.2) is 18.2 Å². The van der Waals surface area contributed by atoms with E-state index in [2.05, 4.69) is 5.32 Å². The molecule has 0 unspecified atom stereocenters. The fourth-order valence-corrected chi connectivity index (χ4v) is 1.11. The van der Waals surface area contributed by atoms with Gasteiger partial charge in [-0.25, -0.2) is 5.84 Å². The second kappa shape index (κ2) is 4.43. The first-order chi connectivity index (χ1) is 7.04. The largest absolute Gasteiger partial charge is 0.398 e. The van der Waals surface area contributed by atoms with Crippen LogP contribution in [0.25, 0.3) is 0 Å². The topological polar surface area (TPSA) is 110 Å². The number of hydrazine groups is 1. The lowest BCUT2D eigenvalue weighted by Crippen LogP contribution is -2.30. The minimum absolute atomic E-state index is 0.223. The minimum Gasteiger partial charge on any atom is -0.398 e. The van der Waals surface area contributed by atoms with Gasteiger partial charge < -0.3 is 11.1 Å². The Balaban J connectivity index is 3.05. The van der Waals surface area contributed by atoms with Crippen molar-refractivity contribution in [1.82, 2.24) is 5.43 Å². The fraction of sp³-hybridized carbons (Fsp3) is 0.111. The van der Waals surface area contributed by atoms with E-state index >= 15 is 0 Å². The second-order valence-electron chi connectivity index (χ2n) is 2.96. The van der Waals surface area contributed by atoms with Crippen molar-refractivity contribution < 1.29 is 9.59 Å². The first-order valence-corrected chi connectivity index (χ1v) is 4.22. The lowest BCUT2D eigenvalue weighted by molar-refractivity contribution is -0.114. The number of carbonyl (C=O) groups excluding carboxylic acids is 2. The summed E-state index contributed by atoms with van der Waals surface area (Å²) in [5.41, 5.74) is 8.56. The zero-order valence-electron chi connectivity index (χ0n) is 8.20. The summed E-state index contributed by atoms with van der Waals surface area (Å²) in [6.45, 7) is 1.37. The second-order valence-corrected chi connectivity index (χ2v) is 2.96. The molecule has 0 aromatic heterocycles. The number of hydrogen-bond acceptors (Lipinski definition) is 4. The van der Waals surface area contributed by atoms with Gasteiger partial charge in [-0.05, 0) is 18.2 Å². The summed E-state index contributed by atoms with van der Waals surface area (Å²) < 4.78 is 0. The molecule has 0 radical (unpaired) electrons. The number of rotatable bonds is 2. The van der Waals surface area contributed by atoms with Gasteiger partial charge >= 0.3 is 0 Å². The maximum atomic E-state index is 11.2. The Bertz CT molecular complexity index is 403. The molecule has 0 aliphatic carbocycles. The van der Waals surface area contributed by atoms with Gasteiger partial charge in [0.25, 0.3) is 5.91 Å². The number of amides is 2. The number of nitrogens with one attached hydrogen (secondary N) is 2. The lowest BCUT2D eigenvalue weighted by atomic mass is 10.1. The van der Waals surface area contributed by atoms with Gasteiger partial charge in [-0.15, -0.1) is 0 Å². The van der Waals surface area contributed by atoms with Gasteiger partial charge in [-0.2, -0.15) is 0 Å². The van der Waals surface area contributed by atoms with Crippen molar-refractivity contribution in [3.05, 3.63) is 23.8 Å². The molecular weight excluding hydrogens is 196 g/mol. The average Bonchev–Trinajstić information content (AvgIpc) is 2.19. The molecule has 6 nitrogen and oxygen atoms in total. The predicted molar refractivity (Wildman–Crippen MR) is 56.8 cm³/mol. The summed E-state index contributed by atoms with van der Waals surface area (Å²) in [4.78, 5) is 22.0. The molecular formula is C9H12N4O2. The monoisotopic (exact) mass is 208 g/mol. The third-order valence-electron chi connectivity index (χ3n) is 1.75. The molecule has 0 spiro atoms. The zero-order chi connectivity index (χ0) is 11.4. The number of hydrogen-bond donors (Lipinski definition) is 4. The van der Waals surface area contributed by atoms with Crippen molar-refractivity contribution >= 4 is 23.2 Å². The number of nitrogen functional groups attached to an aromatic ring is 2. The Kier molecular flexibility index (Phi) is 3.25. The average molecular weight is 208 g/mol. The van der Waals surface area contributed by atoms with E-state index in [1.54, 1.807) is 6.07 Å². The van der Waals surface area contributed by atoms with Crippen LogP contribution in [0.5, 0.6) is 0 Å². The zero-order valence-corrected chi connectivity index (χ0v) is 8.20. The van der Waals surface area contributed by atoms with E-state index < -0.39 is 5.91 Å². The molecule has 80 valence electrons. The van der Waals surface area contributed by atoms with Gasteiger partial charge in [-0.3, -0.25) is 15.0 Å². The first-order valence-electron chi connectivity index (χ1n) is 4.22. The van der Waals surface area contributed by atoms with E-state index in [1.165, 1.54) is 19.1 Å². The molecule has 1 rings (SSSR count). The smallest absolute Gasteiger partial charge is 0.267 e. The summed E-state index contributed by atoms with van der Waals surface area (Å²) >= 11 is 0. The summed E-state index contributed by atoms with van der Waals surface area (Å²) in [7, 11) is 0. The van der Waals surface area contributed by atoms with E-state index in [9.17, 15) is 9.59 Å². The molecule has 1 aromatic carbocycles. The highest BCUT2D eigenvalue weighted by Crippen LogP contribution is 2.17. The Hall–Kier alpha value is -2.08. The van der Waals surface area contributed by atoms with E-state index in [4.69, 9.17) is 11.6 Å². The molecule has 15 heavy (non-hydrogen) atoms. The van der Waals surface area contributed by atoms with E-state index in [-0.39, 0.29) is 11.5 Å². The van der Waals surface area contributed by atoms with Gasteiger partial charge in [0.15, 0.2) is 0 Å². The maximum absolute atomic E-state index is 11.2. The summed E-state index contributed by atoms with van der Waals surface area (Å²) in [5.74, 6) is 4.26. The van der Waals surface area contributed by atoms with Crippen LogP contribution < -0.4 is 22.3 Å². The standard InChI is InChI=1S/C9H12N4O2/c1-5(14)12-6-2-3-8(10)7(4-6)9(15)13-11/h2-4H,10-11H2,1H3,(H,12,14)(H,13,15). The van der Waals surface area contributed by atoms with Crippen LogP contribution in [0.3, 0.4) is 0 Å². The van der Waals surface area contributed by atoms with Gasteiger partial charge in [0.05, 0.1) is 5.56 Å². The molecule has 0 saturated heterocycles. The number of carbonyl (C=O) groups is 2. The quantitative estimate of drug-likeness (QED) is 0.234. The van der Waals surface area contributed by atoms with Crippen LogP contribution in [0.4, 0.5) is 11.4 Å². The van der Waals surface area contributed by atoms with E-state index in [1.807, 2.05) is 5.43 Å². The molecule has 0 saturated carbocycles. The van der Waals surface area contributed by atoms with E-state index in [0.717, 1.165) is 0 Å². The Morgan fingerprint density at radius 3 is 2.53 bits per heavy atom. The number of nitrogens with two attached hydrogens (primary N) is 2. The highest BCUT2D eigenvalue weighted by atomic mass is 16.2. The molecule has 0 bridgehead atoms. The van der Waals surface area contributed by atoms with Crippen molar-refractivity contribution in [1.29, 1.82) is 0 Å². The lowest BCUT2D eigenvalue weighted by Gasteiger charge is -2.07. The van der Waals surface area contributed by atoms with Crippen LogP contribution in [0.1, 0.15) is 17.3 Å².